The number of thioether (sulfide) groups is 1. The standard InChI is InChI=1S/C15H16N2O2S/c1-19-11-6-7-13(14(16)9-11)15(18)17-10-4-3-5-12(8-10)20-2/h3-9H,16H2,1-2H3,(H,17,18). The van der Waals surface area contributed by atoms with Crippen LogP contribution in [0.5, 0.6) is 5.75 Å². The molecule has 0 unspecified atom stereocenters. The van der Waals surface area contributed by atoms with Gasteiger partial charge < -0.3 is 15.8 Å². The Bertz CT molecular complexity index is 629. The number of anilines is 2. The lowest BCUT2D eigenvalue weighted by atomic mass is 10.1. The van der Waals surface area contributed by atoms with E-state index in [0.717, 1.165) is 10.6 Å². The van der Waals surface area contributed by atoms with Crippen LogP contribution in [0.3, 0.4) is 0 Å². The molecule has 0 spiro atoms. The van der Waals surface area contributed by atoms with Crippen LogP contribution in [0.15, 0.2) is 47.4 Å². The van der Waals surface area contributed by atoms with Crippen LogP contribution in [-0.4, -0.2) is 19.3 Å². The van der Waals surface area contributed by atoms with Crippen LogP contribution in [0.1, 0.15) is 10.4 Å². The van der Waals surface area contributed by atoms with Crippen LogP contribution in [0, 0.1) is 0 Å². The van der Waals surface area contributed by atoms with Crippen molar-refractivity contribution >= 4 is 29.0 Å². The van der Waals surface area contributed by atoms with Crippen molar-refractivity contribution in [1.82, 2.24) is 0 Å². The summed E-state index contributed by atoms with van der Waals surface area (Å²) in [5.74, 6) is 0.395. The summed E-state index contributed by atoms with van der Waals surface area (Å²) < 4.78 is 5.06. The summed E-state index contributed by atoms with van der Waals surface area (Å²) in [5.41, 5.74) is 7.43. The van der Waals surface area contributed by atoms with Gasteiger partial charge in [-0.25, -0.2) is 0 Å². The Morgan fingerprint density at radius 2 is 2.05 bits per heavy atom. The molecule has 1 amide bonds. The maximum Gasteiger partial charge on any atom is 0.257 e. The fraction of sp³-hybridized carbons (Fsp3) is 0.133. The highest BCUT2D eigenvalue weighted by Gasteiger charge is 2.11. The summed E-state index contributed by atoms with van der Waals surface area (Å²) in [6, 6.07) is 12.7. The van der Waals surface area contributed by atoms with E-state index in [1.165, 1.54) is 0 Å². The molecule has 4 nitrogen and oxygen atoms in total. The van der Waals surface area contributed by atoms with E-state index in [2.05, 4.69) is 5.32 Å². The molecule has 0 aromatic heterocycles. The highest BCUT2D eigenvalue weighted by Crippen LogP contribution is 2.22. The first-order valence-corrected chi connectivity index (χ1v) is 7.25. The predicted octanol–water partition coefficient (Wildman–Crippen LogP) is 3.25. The molecule has 0 fully saturated rings. The Morgan fingerprint density at radius 1 is 1.25 bits per heavy atom. The van der Waals surface area contributed by atoms with E-state index in [1.807, 2.05) is 30.5 Å². The van der Waals surface area contributed by atoms with Gasteiger partial charge in [0.1, 0.15) is 5.75 Å². The Labute approximate surface area is 122 Å². The Hall–Kier alpha value is -2.14. The van der Waals surface area contributed by atoms with Gasteiger partial charge in [-0.05, 0) is 36.6 Å². The molecule has 0 bridgehead atoms. The molecule has 3 N–H and O–H groups in total. The Balaban J connectivity index is 2.19. The molecular weight excluding hydrogens is 272 g/mol. The van der Waals surface area contributed by atoms with Gasteiger partial charge in [0, 0.05) is 22.3 Å². The number of methoxy groups -OCH3 is 1. The monoisotopic (exact) mass is 288 g/mol. The number of benzene rings is 2. The van der Waals surface area contributed by atoms with Gasteiger partial charge in [-0.2, -0.15) is 0 Å². The van der Waals surface area contributed by atoms with Crippen molar-refractivity contribution in [2.75, 3.05) is 24.4 Å². The zero-order valence-electron chi connectivity index (χ0n) is 11.3. The van der Waals surface area contributed by atoms with Crippen molar-refractivity contribution in [3.63, 3.8) is 0 Å². The summed E-state index contributed by atoms with van der Waals surface area (Å²) in [5, 5.41) is 2.84. The number of hydrogen-bond acceptors (Lipinski definition) is 4. The molecule has 0 aliphatic carbocycles. The molecule has 2 rings (SSSR count). The summed E-state index contributed by atoms with van der Waals surface area (Å²) >= 11 is 1.62. The first kappa shape index (κ1) is 14.3. The minimum atomic E-state index is -0.233. The number of carbonyl (C=O) groups excluding carboxylic acids is 1. The maximum absolute atomic E-state index is 12.2. The topological polar surface area (TPSA) is 64.3 Å². The van der Waals surface area contributed by atoms with Gasteiger partial charge >= 0.3 is 0 Å². The zero-order chi connectivity index (χ0) is 14.5. The van der Waals surface area contributed by atoms with E-state index in [9.17, 15) is 4.79 Å². The Morgan fingerprint density at radius 3 is 2.70 bits per heavy atom. The molecule has 0 saturated carbocycles. The van der Waals surface area contributed by atoms with E-state index in [4.69, 9.17) is 10.5 Å². The van der Waals surface area contributed by atoms with Gasteiger partial charge in [0.25, 0.3) is 5.91 Å². The lowest BCUT2D eigenvalue weighted by Crippen LogP contribution is -2.14. The molecule has 2 aromatic rings. The fourth-order valence-electron chi connectivity index (χ4n) is 1.77. The number of hydrogen-bond donors (Lipinski definition) is 2. The molecule has 0 saturated heterocycles. The quantitative estimate of drug-likeness (QED) is 0.669. The second kappa shape index (κ2) is 6.34. The second-order valence-electron chi connectivity index (χ2n) is 4.14. The SMILES string of the molecule is COc1ccc(C(=O)Nc2cccc(SC)c2)c(N)c1. The van der Waals surface area contributed by atoms with Crippen molar-refractivity contribution in [1.29, 1.82) is 0 Å². The molecule has 0 heterocycles. The van der Waals surface area contributed by atoms with Gasteiger partial charge in [0.15, 0.2) is 0 Å². The van der Waals surface area contributed by atoms with Gasteiger partial charge in [-0.3, -0.25) is 4.79 Å². The Kier molecular flexibility index (Phi) is 4.53. The van der Waals surface area contributed by atoms with Crippen molar-refractivity contribution in [3.8, 4) is 5.75 Å². The molecule has 0 aliphatic heterocycles. The number of ether oxygens (including phenoxy) is 1. The van der Waals surface area contributed by atoms with E-state index >= 15 is 0 Å². The van der Waals surface area contributed by atoms with E-state index in [1.54, 1.807) is 37.1 Å². The van der Waals surface area contributed by atoms with Crippen molar-refractivity contribution in [2.24, 2.45) is 0 Å². The molecular formula is C15H16N2O2S. The number of carbonyl (C=O) groups is 1. The number of nitrogens with two attached hydrogens (primary N) is 1. The van der Waals surface area contributed by atoms with Crippen LogP contribution in [0.25, 0.3) is 0 Å². The highest BCUT2D eigenvalue weighted by atomic mass is 32.2. The minimum Gasteiger partial charge on any atom is -0.497 e. The average Bonchev–Trinajstić information content (AvgIpc) is 2.47. The zero-order valence-corrected chi connectivity index (χ0v) is 12.2. The largest absolute Gasteiger partial charge is 0.497 e. The third kappa shape index (κ3) is 3.24. The first-order valence-electron chi connectivity index (χ1n) is 6.03. The molecule has 20 heavy (non-hydrogen) atoms. The fourth-order valence-corrected chi connectivity index (χ4v) is 2.23. The summed E-state index contributed by atoms with van der Waals surface area (Å²) in [6.07, 6.45) is 1.99. The van der Waals surface area contributed by atoms with Crippen LogP contribution in [-0.2, 0) is 0 Å². The lowest BCUT2D eigenvalue weighted by molar-refractivity contribution is 0.102. The lowest BCUT2D eigenvalue weighted by Gasteiger charge is -2.09. The summed E-state index contributed by atoms with van der Waals surface area (Å²) in [7, 11) is 1.56. The smallest absolute Gasteiger partial charge is 0.257 e. The van der Waals surface area contributed by atoms with Crippen LogP contribution in [0.2, 0.25) is 0 Å². The molecule has 0 radical (unpaired) electrons. The molecule has 5 heteroatoms. The van der Waals surface area contributed by atoms with Crippen LogP contribution in [0.4, 0.5) is 11.4 Å². The van der Waals surface area contributed by atoms with Crippen molar-refractivity contribution in [2.45, 2.75) is 4.90 Å². The maximum atomic E-state index is 12.2. The number of rotatable bonds is 4. The minimum absolute atomic E-state index is 0.233. The normalized spacial score (nSPS) is 10.1. The number of nitrogens with one attached hydrogen (secondary N) is 1. The van der Waals surface area contributed by atoms with E-state index in [0.29, 0.717) is 17.0 Å². The summed E-state index contributed by atoms with van der Waals surface area (Å²) in [6.45, 7) is 0. The molecule has 2 aromatic carbocycles. The van der Waals surface area contributed by atoms with Crippen molar-refractivity contribution < 1.29 is 9.53 Å². The van der Waals surface area contributed by atoms with Gasteiger partial charge in [0.2, 0.25) is 0 Å². The first-order chi connectivity index (χ1) is 9.63. The number of nitrogen functional groups attached to an aromatic ring is 1. The van der Waals surface area contributed by atoms with Crippen LogP contribution < -0.4 is 15.8 Å². The van der Waals surface area contributed by atoms with E-state index < -0.39 is 0 Å². The van der Waals surface area contributed by atoms with E-state index in [-0.39, 0.29) is 5.91 Å². The van der Waals surface area contributed by atoms with Crippen LogP contribution >= 0.6 is 11.8 Å². The van der Waals surface area contributed by atoms with Crippen molar-refractivity contribution in [3.05, 3.63) is 48.0 Å². The molecule has 0 aliphatic rings. The third-order valence-electron chi connectivity index (χ3n) is 2.83. The number of amides is 1. The molecule has 104 valence electrons. The molecule has 0 atom stereocenters. The van der Waals surface area contributed by atoms with Gasteiger partial charge in [0.05, 0.1) is 12.7 Å². The second-order valence-corrected chi connectivity index (χ2v) is 5.02. The van der Waals surface area contributed by atoms with Gasteiger partial charge in [-0.15, -0.1) is 11.8 Å². The van der Waals surface area contributed by atoms with Gasteiger partial charge in [-0.1, -0.05) is 6.07 Å². The third-order valence-corrected chi connectivity index (χ3v) is 3.56. The summed E-state index contributed by atoms with van der Waals surface area (Å²) in [4.78, 5) is 13.3. The highest BCUT2D eigenvalue weighted by molar-refractivity contribution is 7.98. The average molecular weight is 288 g/mol. The predicted molar refractivity (Wildman–Crippen MR) is 83.6 cm³/mol.